The fourth-order valence-corrected chi connectivity index (χ4v) is 2.13. The number of aliphatic hydroxyl groups excluding tert-OH is 1. The Kier molecular flexibility index (Phi) is 6.14. The first-order chi connectivity index (χ1) is 11.1. The van der Waals surface area contributed by atoms with E-state index in [4.69, 9.17) is 19.3 Å². The molecular weight excluding hydrogens is 300 g/mol. The summed E-state index contributed by atoms with van der Waals surface area (Å²) < 4.78 is 16.6. The predicted molar refractivity (Wildman–Crippen MR) is 84.7 cm³/mol. The van der Waals surface area contributed by atoms with Gasteiger partial charge in [0.2, 0.25) is 0 Å². The molecule has 1 aromatic carbocycles. The number of ether oxygens (including phenoxy) is 3. The molecule has 1 aromatic rings. The van der Waals surface area contributed by atoms with E-state index in [0.717, 1.165) is 12.8 Å². The Morgan fingerprint density at radius 1 is 1.26 bits per heavy atom. The average molecular weight is 322 g/mol. The second kappa shape index (κ2) is 8.31. The van der Waals surface area contributed by atoms with Crippen molar-refractivity contribution in [3.63, 3.8) is 0 Å². The number of carbonyl (C=O) groups is 1. The molecule has 6 nitrogen and oxygen atoms in total. The summed E-state index contributed by atoms with van der Waals surface area (Å²) in [5.74, 6) is 0.812. The van der Waals surface area contributed by atoms with E-state index in [1.807, 2.05) is 0 Å². The Bertz CT molecular complexity index is 578. The van der Waals surface area contributed by atoms with Crippen molar-refractivity contribution in [2.45, 2.75) is 32.6 Å². The lowest BCUT2D eigenvalue weighted by Crippen LogP contribution is -2.14. The lowest BCUT2D eigenvalue weighted by Gasteiger charge is -2.21. The first-order valence-electron chi connectivity index (χ1n) is 7.78. The fraction of sp³-hybridized carbons (Fsp3) is 0.471. The molecule has 2 N–H and O–H groups in total. The van der Waals surface area contributed by atoms with Gasteiger partial charge < -0.3 is 24.4 Å². The van der Waals surface area contributed by atoms with Crippen molar-refractivity contribution in [3.05, 3.63) is 29.5 Å². The quantitative estimate of drug-likeness (QED) is 0.678. The van der Waals surface area contributed by atoms with Gasteiger partial charge in [-0.2, -0.15) is 0 Å². The second-order valence-corrected chi connectivity index (χ2v) is 5.27. The van der Waals surface area contributed by atoms with Crippen molar-refractivity contribution < 1.29 is 29.2 Å². The smallest absolute Gasteiger partial charge is 0.303 e. The molecule has 126 valence electrons. The van der Waals surface area contributed by atoms with E-state index in [0.29, 0.717) is 42.5 Å². The molecule has 1 aliphatic rings. The number of fused-ring (bicyclic) bond motifs is 1. The first kappa shape index (κ1) is 17.0. The maximum Gasteiger partial charge on any atom is 0.303 e. The van der Waals surface area contributed by atoms with E-state index in [-0.39, 0.29) is 18.8 Å². The predicted octanol–water partition coefficient (Wildman–Crippen LogP) is 3.37. The van der Waals surface area contributed by atoms with Crippen LogP contribution in [0.25, 0.3) is 5.76 Å². The van der Waals surface area contributed by atoms with Gasteiger partial charge in [0.15, 0.2) is 11.5 Å². The molecule has 0 unspecified atom stereocenters. The standard InChI is InChI=1S/C17H22O6/c1-2-3-8-22-15-11-23-14-10-12(6-7-13(14)17(15)20)21-9-4-5-16(18)19/h6-7,10,20H,2-5,8-9,11H2,1H3,(H,18,19). The molecule has 0 aromatic heterocycles. The largest absolute Gasteiger partial charge is 0.504 e. The minimum Gasteiger partial charge on any atom is -0.504 e. The molecule has 0 fully saturated rings. The average Bonchev–Trinajstić information content (AvgIpc) is 2.54. The minimum absolute atomic E-state index is 0.0728. The van der Waals surface area contributed by atoms with Gasteiger partial charge >= 0.3 is 5.97 Å². The van der Waals surface area contributed by atoms with E-state index in [2.05, 4.69) is 6.92 Å². The van der Waals surface area contributed by atoms with Gasteiger partial charge in [0, 0.05) is 12.5 Å². The molecule has 0 atom stereocenters. The molecule has 0 saturated heterocycles. The zero-order valence-corrected chi connectivity index (χ0v) is 13.2. The number of carboxylic acid groups (broad SMARTS) is 1. The molecular formula is C17H22O6. The third-order valence-electron chi connectivity index (χ3n) is 3.41. The molecule has 0 aliphatic carbocycles. The lowest BCUT2D eigenvalue weighted by atomic mass is 10.1. The van der Waals surface area contributed by atoms with Crippen LogP contribution >= 0.6 is 0 Å². The molecule has 2 rings (SSSR count). The maximum absolute atomic E-state index is 10.4. The summed E-state index contributed by atoms with van der Waals surface area (Å²) in [5.41, 5.74) is 0.570. The summed E-state index contributed by atoms with van der Waals surface area (Å²) >= 11 is 0. The van der Waals surface area contributed by atoms with Gasteiger partial charge in [-0.1, -0.05) is 13.3 Å². The maximum atomic E-state index is 10.4. The van der Waals surface area contributed by atoms with Gasteiger partial charge in [-0.05, 0) is 25.0 Å². The van der Waals surface area contributed by atoms with Crippen molar-refractivity contribution in [3.8, 4) is 11.5 Å². The van der Waals surface area contributed by atoms with Gasteiger partial charge in [0.25, 0.3) is 0 Å². The number of hydrogen-bond acceptors (Lipinski definition) is 5. The van der Waals surface area contributed by atoms with E-state index >= 15 is 0 Å². The summed E-state index contributed by atoms with van der Waals surface area (Å²) in [6.45, 7) is 3.13. The molecule has 1 heterocycles. The zero-order valence-electron chi connectivity index (χ0n) is 13.2. The molecule has 1 aliphatic heterocycles. The SMILES string of the molecule is CCCCOC1=C(O)c2ccc(OCCCC(=O)O)cc2OC1. The summed E-state index contributed by atoms with van der Waals surface area (Å²) in [5, 5.41) is 18.8. The molecule has 6 heteroatoms. The third kappa shape index (κ3) is 4.81. The van der Waals surface area contributed by atoms with Gasteiger partial charge in [0.05, 0.1) is 18.8 Å². The van der Waals surface area contributed by atoms with Crippen LogP contribution in [0.15, 0.2) is 24.0 Å². The van der Waals surface area contributed by atoms with Gasteiger partial charge in [0.1, 0.15) is 18.1 Å². The number of rotatable bonds is 9. The fourth-order valence-electron chi connectivity index (χ4n) is 2.13. The normalized spacial score (nSPS) is 13.3. The Labute approximate surface area is 135 Å². The van der Waals surface area contributed by atoms with Gasteiger partial charge in [-0.3, -0.25) is 4.79 Å². The Balaban J connectivity index is 1.97. The highest BCUT2D eigenvalue weighted by Crippen LogP contribution is 2.34. The van der Waals surface area contributed by atoms with Crippen molar-refractivity contribution in [2.24, 2.45) is 0 Å². The second-order valence-electron chi connectivity index (χ2n) is 5.27. The van der Waals surface area contributed by atoms with Crippen LogP contribution in [0.3, 0.4) is 0 Å². The summed E-state index contributed by atoms with van der Waals surface area (Å²) in [6, 6.07) is 5.11. The van der Waals surface area contributed by atoms with Crippen molar-refractivity contribution in [2.75, 3.05) is 19.8 Å². The van der Waals surface area contributed by atoms with Crippen LogP contribution in [0.5, 0.6) is 11.5 Å². The van der Waals surface area contributed by atoms with Crippen molar-refractivity contribution in [1.82, 2.24) is 0 Å². The number of hydrogen-bond donors (Lipinski definition) is 2. The summed E-state index contributed by atoms with van der Waals surface area (Å²) in [6.07, 6.45) is 2.46. The number of aliphatic carboxylic acids is 1. The topological polar surface area (TPSA) is 85.2 Å². The van der Waals surface area contributed by atoms with Gasteiger partial charge in [-0.25, -0.2) is 0 Å². The van der Waals surface area contributed by atoms with Gasteiger partial charge in [-0.15, -0.1) is 0 Å². The number of unbranched alkanes of at least 4 members (excludes halogenated alkanes) is 1. The summed E-state index contributed by atoms with van der Waals surface area (Å²) in [7, 11) is 0. The van der Waals surface area contributed by atoms with Crippen molar-refractivity contribution in [1.29, 1.82) is 0 Å². The van der Waals surface area contributed by atoms with Crippen LogP contribution < -0.4 is 9.47 Å². The molecule has 0 radical (unpaired) electrons. The van der Waals surface area contributed by atoms with E-state index < -0.39 is 5.97 Å². The molecule has 0 saturated carbocycles. The van der Waals surface area contributed by atoms with Crippen LogP contribution in [-0.4, -0.2) is 36.0 Å². The Hall–Kier alpha value is -2.37. The molecule has 23 heavy (non-hydrogen) atoms. The molecule has 0 spiro atoms. The van der Waals surface area contributed by atoms with E-state index in [1.165, 1.54) is 0 Å². The van der Waals surface area contributed by atoms with Crippen LogP contribution in [-0.2, 0) is 9.53 Å². The zero-order chi connectivity index (χ0) is 16.7. The Morgan fingerprint density at radius 3 is 2.78 bits per heavy atom. The van der Waals surface area contributed by atoms with Crippen molar-refractivity contribution >= 4 is 11.7 Å². The van der Waals surface area contributed by atoms with Crippen LogP contribution in [0.2, 0.25) is 0 Å². The highest BCUT2D eigenvalue weighted by molar-refractivity contribution is 5.69. The lowest BCUT2D eigenvalue weighted by molar-refractivity contribution is -0.137. The highest BCUT2D eigenvalue weighted by atomic mass is 16.5. The number of carboxylic acids is 1. The van der Waals surface area contributed by atoms with E-state index in [1.54, 1.807) is 18.2 Å². The Morgan fingerprint density at radius 2 is 2.04 bits per heavy atom. The summed E-state index contributed by atoms with van der Waals surface area (Å²) in [4.78, 5) is 10.4. The number of benzene rings is 1. The third-order valence-corrected chi connectivity index (χ3v) is 3.41. The van der Waals surface area contributed by atoms with Crippen LogP contribution in [0.4, 0.5) is 0 Å². The minimum atomic E-state index is -0.840. The van der Waals surface area contributed by atoms with E-state index in [9.17, 15) is 9.90 Å². The first-order valence-corrected chi connectivity index (χ1v) is 7.78. The molecule has 0 bridgehead atoms. The monoisotopic (exact) mass is 322 g/mol. The van der Waals surface area contributed by atoms with Crippen LogP contribution in [0, 0.1) is 0 Å². The highest BCUT2D eigenvalue weighted by Gasteiger charge is 2.21. The number of aliphatic hydroxyl groups is 1. The van der Waals surface area contributed by atoms with Crippen LogP contribution in [0.1, 0.15) is 38.2 Å². The molecule has 0 amide bonds.